The predicted octanol–water partition coefficient (Wildman–Crippen LogP) is 5.38. The number of carboxylic acids is 1. The fourth-order valence-corrected chi connectivity index (χ4v) is 5.36. The van der Waals surface area contributed by atoms with Crippen LogP contribution in [0.4, 0.5) is 4.39 Å². The number of hydrogen-bond acceptors (Lipinski definition) is 6. The van der Waals surface area contributed by atoms with Gasteiger partial charge in [0.2, 0.25) is 0 Å². The van der Waals surface area contributed by atoms with E-state index in [4.69, 9.17) is 26.3 Å². The molecule has 0 radical (unpaired) electrons. The first-order valence-corrected chi connectivity index (χ1v) is 13.8. The van der Waals surface area contributed by atoms with Gasteiger partial charge in [0.25, 0.3) is 0 Å². The number of nitrogens with zero attached hydrogens (tertiary/aromatic N) is 5. The van der Waals surface area contributed by atoms with Gasteiger partial charge in [0, 0.05) is 36.8 Å². The molecule has 8 nitrogen and oxygen atoms in total. The van der Waals surface area contributed by atoms with E-state index in [1.165, 1.54) is 17.7 Å². The molecular formula is C30H29ClFN5O3. The number of aromatic carboxylic acids is 1. The van der Waals surface area contributed by atoms with Gasteiger partial charge in [-0.25, -0.2) is 19.2 Å². The monoisotopic (exact) mass is 561 g/mol. The van der Waals surface area contributed by atoms with E-state index in [0.29, 0.717) is 41.3 Å². The van der Waals surface area contributed by atoms with Crippen LogP contribution in [0.2, 0.25) is 5.02 Å². The Labute approximate surface area is 236 Å². The second-order valence-corrected chi connectivity index (χ2v) is 10.7. The number of hydrogen-bond donors (Lipinski definition) is 1. The van der Waals surface area contributed by atoms with E-state index in [1.54, 1.807) is 18.2 Å². The Bertz CT molecular complexity index is 1590. The molecule has 6 rings (SSSR count). The molecule has 3 aromatic heterocycles. The van der Waals surface area contributed by atoms with E-state index in [1.807, 2.05) is 22.8 Å². The zero-order valence-electron chi connectivity index (χ0n) is 21.9. The lowest BCUT2D eigenvalue weighted by Gasteiger charge is -2.30. The lowest BCUT2D eigenvalue weighted by molar-refractivity contribution is -0.0592. The van der Waals surface area contributed by atoms with Crippen molar-refractivity contribution < 1.29 is 19.0 Å². The van der Waals surface area contributed by atoms with Crippen LogP contribution in [-0.4, -0.2) is 61.3 Å². The first-order valence-electron chi connectivity index (χ1n) is 13.4. The Morgan fingerprint density at radius 1 is 1.12 bits per heavy atom. The quantitative estimate of drug-likeness (QED) is 0.309. The third kappa shape index (κ3) is 5.91. The molecule has 40 heavy (non-hydrogen) atoms. The number of likely N-dealkylation sites (tertiary alicyclic amines) is 1. The summed E-state index contributed by atoms with van der Waals surface area (Å²) < 4.78 is 21.9. The van der Waals surface area contributed by atoms with E-state index in [9.17, 15) is 14.3 Å². The molecule has 0 saturated carbocycles. The predicted molar refractivity (Wildman–Crippen MR) is 150 cm³/mol. The molecule has 0 unspecified atom stereocenters. The summed E-state index contributed by atoms with van der Waals surface area (Å²) in [5.41, 5.74) is 4.87. The number of fused-ring (bicyclic) bond motifs is 1. The van der Waals surface area contributed by atoms with Crippen LogP contribution in [-0.2, 0) is 24.2 Å². The Morgan fingerprint density at radius 2 is 1.95 bits per heavy atom. The molecule has 1 aromatic carbocycles. The highest BCUT2D eigenvalue weighted by Gasteiger charge is 2.25. The Morgan fingerprint density at radius 3 is 2.67 bits per heavy atom. The maximum absolute atomic E-state index is 14.3. The summed E-state index contributed by atoms with van der Waals surface area (Å²) in [5, 5.41) is 9.80. The van der Waals surface area contributed by atoms with E-state index >= 15 is 0 Å². The first kappa shape index (κ1) is 26.6. The molecule has 2 saturated heterocycles. The number of rotatable bonds is 8. The zero-order chi connectivity index (χ0) is 27.6. The summed E-state index contributed by atoms with van der Waals surface area (Å²) in [6.45, 7) is 3.76. The van der Waals surface area contributed by atoms with Crippen molar-refractivity contribution in [2.75, 3.05) is 19.7 Å². The van der Waals surface area contributed by atoms with Crippen molar-refractivity contribution in [2.24, 2.45) is 0 Å². The number of imidazole rings is 1. The Hall–Kier alpha value is -3.66. The van der Waals surface area contributed by atoms with Crippen LogP contribution in [0.3, 0.4) is 0 Å². The standard InChI is InChI=1S/C30H29ClFN5O3/c31-21-5-4-20(25(32)16-21)15-23-3-1-2-22(33-23)14-19-8-11-36(12-9-19)18-28-34-26-6-7-27(30(38)39)35-29(26)37(28)17-24-10-13-40-24/h1-7,14,16,24H,8-13,15,17-18H2,(H,38,39)/t24-/m0/s1. The minimum absolute atomic E-state index is 0.0125. The van der Waals surface area contributed by atoms with Crippen LogP contribution < -0.4 is 0 Å². The summed E-state index contributed by atoms with van der Waals surface area (Å²) in [4.78, 5) is 27.8. The number of carboxylic acid groups (broad SMARTS) is 1. The van der Waals surface area contributed by atoms with Crippen LogP contribution in [0.15, 0.2) is 54.1 Å². The maximum atomic E-state index is 14.3. The third-order valence-electron chi connectivity index (χ3n) is 7.50. The topological polar surface area (TPSA) is 93.4 Å². The number of ether oxygens (including phenoxy) is 1. The zero-order valence-corrected chi connectivity index (χ0v) is 22.6. The number of halogens is 2. The minimum Gasteiger partial charge on any atom is -0.477 e. The highest BCUT2D eigenvalue weighted by Crippen LogP contribution is 2.25. The summed E-state index contributed by atoms with van der Waals surface area (Å²) in [5.74, 6) is -0.502. The van der Waals surface area contributed by atoms with Crippen LogP contribution in [0.1, 0.15) is 52.5 Å². The van der Waals surface area contributed by atoms with Crippen LogP contribution in [0.5, 0.6) is 0 Å². The smallest absolute Gasteiger partial charge is 0.354 e. The van der Waals surface area contributed by atoms with Crippen molar-refractivity contribution in [1.82, 2.24) is 24.4 Å². The van der Waals surface area contributed by atoms with E-state index < -0.39 is 5.97 Å². The number of pyridine rings is 2. The van der Waals surface area contributed by atoms with E-state index in [0.717, 1.165) is 56.2 Å². The molecule has 10 heteroatoms. The van der Waals surface area contributed by atoms with Crippen molar-refractivity contribution >= 4 is 34.8 Å². The summed E-state index contributed by atoms with van der Waals surface area (Å²) in [7, 11) is 0. The minimum atomic E-state index is -1.05. The van der Waals surface area contributed by atoms with Gasteiger partial charge < -0.3 is 14.4 Å². The summed E-state index contributed by atoms with van der Waals surface area (Å²) in [6, 6.07) is 13.8. The highest BCUT2D eigenvalue weighted by molar-refractivity contribution is 6.30. The van der Waals surface area contributed by atoms with Crippen molar-refractivity contribution in [3.8, 4) is 0 Å². The highest BCUT2D eigenvalue weighted by atomic mass is 35.5. The third-order valence-corrected chi connectivity index (χ3v) is 7.74. The normalized spacial score (nSPS) is 17.6. The molecule has 1 N–H and O–H groups in total. The van der Waals surface area contributed by atoms with Gasteiger partial charge in [-0.2, -0.15) is 0 Å². The van der Waals surface area contributed by atoms with E-state index in [-0.39, 0.29) is 17.6 Å². The number of aromatic nitrogens is 4. The second kappa shape index (κ2) is 11.4. The fourth-order valence-electron chi connectivity index (χ4n) is 5.20. The van der Waals surface area contributed by atoms with Crippen molar-refractivity contribution in [3.05, 3.63) is 93.4 Å². The van der Waals surface area contributed by atoms with Gasteiger partial charge in [0.1, 0.15) is 17.2 Å². The molecular weight excluding hydrogens is 533 g/mol. The van der Waals surface area contributed by atoms with Crippen LogP contribution in [0, 0.1) is 5.82 Å². The molecule has 5 heterocycles. The summed E-state index contributed by atoms with van der Waals surface area (Å²) >= 11 is 5.88. The number of piperidine rings is 1. The van der Waals surface area contributed by atoms with Crippen molar-refractivity contribution in [3.63, 3.8) is 0 Å². The van der Waals surface area contributed by atoms with Gasteiger partial charge in [-0.1, -0.05) is 29.3 Å². The van der Waals surface area contributed by atoms with Gasteiger partial charge in [-0.15, -0.1) is 0 Å². The molecule has 2 aliphatic rings. The SMILES string of the molecule is O=C(O)c1ccc2nc(CN3CCC(=Cc4cccc(Cc5ccc(Cl)cc5F)n4)CC3)n(C[C@@H]3CCO3)c2n1. The summed E-state index contributed by atoms with van der Waals surface area (Å²) in [6.07, 6.45) is 5.43. The number of benzene rings is 1. The molecule has 206 valence electrons. The molecule has 0 spiro atoms. The van der Waals surface area contributed by atoms with Crippen molar-refractivity contribution in [1.29, 1.82) is 0 Å². The van der Waals surface area contributed by atoms with Crippen LogP contribution in [0.25, 0.3) is 17.2 Å². The number of carbonyl (C=O) groups is 1. The Kier molecular flexibility index (Phi) is 7.60. The molecule has 2 fully saturated rings. The van der Waals surface area contributed by atoms with Crippen LogP contribution >= 0.6 is 11.6 Å². The Balaban J connectivity index is 1.13. The van der Waals surface area contributed by atoms with Gasteiger partial charge >= 0.3 is 5.97 Å². The molecule has 0 bridgehead atoms. The largest absolute Gasteiger partial charge is 0.477 e. The molecule has 0 aliphatic carbocycles. The average Bonchev–Trinajstić information content (AvgIpc) is 3.25. The lowest BCUT2D eigenvalue weighted by Crippen LogP contribution is -2.34. The van der Waals surface area contributed by atoms with Gasteiger partial charge in [0.05, 0.1) is 24.9 Å². The molecule has 0 amide bonds. The first-order chi connectivity index (χ1) is 19.4. The second-order valence-electron chi connectivity index (χ2n) is 10.3. The average molecular weight is 562 g/mol. The van der Waals surface area contributed by atoms with E-state index in [2.05, 4.69) is 16.0 Å². The molecule has 2 aliphatic heterocycles. The van der Waals surface area contributed by atoms with Gasteiger partial charge in [-0.3, -0.25) is 9.88 Å². The van der Waals surface area contributed by atoms with Crippen molar-refractivity contribution in [2.45, 2.75) is 44.9 Å². The molecule has 4 aromatic rings. The lowest BCUT2D eigenvalue weighted by atomic mass is 10.0. The molecule has 1 atom stereocenters. The maximum Gasteiger partial charge on any atom is 0.354 e. The van der Waals surface area contributed by atoms with Gasteiger partial charge in [0.15, 0.2) is 11.3 Å². The van der Waals surface area contributed by atoms with Gasteiger partial charge in [-0.05, 0) is 67.3 Å². The fraction of sp³-hybridized carbons (Fsp3) is 0.333.